The molecule has 0 spiro atoms. The second kappa shape index (κ2) is 6.15. The molecule has 0 aromatic carbocycles. The van der Waals surface area contributed by atoms with Crippen LogP contribution in [0.4, 0.5) is 13.2 Å². The van der Waals surface area contributed by atoms with Gasteiger partial charge in [0, 0.05) is 13.0 Å². The molecule has 0 saturated carbocycles. The van der Waals surface area contributed by atoms with E-state index in [0.717, 1.165) is 30.8 Å². The minimum absolute atomic E-state index is 0.0398. The van der Waals surface area contributed by atoms with E-state index < -0.39 is 12.6 Å². The molecule has 0 saturated heterocycles. The summed E-state index contributed by atoms with van der Waals surface area (Å²) in [5.74, 6) is 0. The van der Waals surface area contributed by atoms with Crippen LogP contribution in [0.1, 0.15) is 23.4 Å². The van der Waals surface area contributed by atoms with E-state index in [2.05, 4.69) is 22.4 Å². The Bertz CT molecular complexity index is 311. The number of nitrogens with zero attached hydrogens (tertiary/aromatic N) is 2. The molecule has 92 valence electrons. The van der Waals surface area contributed by atoms with Gasteiger partial charge in [-0.15, -0.1) is 21.5 Å². The summed E-state index contributed by atoms with van der Waals surface area (Å²) in [5, 5.41) is 11.1. The molecule has 1 heterocycles. The molecule has 3 nitrogen and oxygen atoms in total. The van der Waals surface area contributed by atoms with Crippen LogP contribution in [0.3, 0.4) is 0 Å². The van der Waals surface area contributed by atoms with Crippen LogP contribution in [-0.2, 0) is 12.8 Å². The number of hydrogen-bond acceptors (Lipinski definition) is 4. The van der Waals surface area contributed by atoms with Crippen molar-refractivity contribution in [2.45, 2.75) is 32.4 Å². The predicted molar refractivity (Wildman–Crippen MR) is 56.5 cm³/mol. The zero-order valence-corrected chi connectivity index (χ0v) is 9.79. The molecule has 16 heavy (non-hydrogen) atoms. The molecule has 0 amide bonds. The van der Waals surface area contributed by atoms with Crippen molar-refractivity contribution in [2.24, 2.45) is 0 Å². The number of alkyl halides is 3. The summed E-state index contributed by atoms with van der Waals surface area (Å²) in [6.07, 6.45) is -3.50. The Morgan fingerprint density at radius 3 is 2.50 bits per heavy atom. The van der Waals surface area contributed by atoms with Crippen molar-refractivity contribution in [1.29, 1.82) is 0 Å². The summed E-state index contributed by atoms with van der Waals surface area (Å²) in [7, 11) is 0. The summed E-state index contributed by atoms with van der Waals surface area (Å²) in [4.78, 5) is 0. The third-order valence-electron chi connectivity index (χ3n) is 1.80. The first kappa shape index (κ1) is 13.4. The van der Waals surface area contributed by atoms with Gasteiger partial charge in [0.25, 0.3) is 0 Å². The molecule has 0 aliphatic rings. The molecule has 0 radical (unpaired) electrons. The van der Waals surface area contributed by atoms with Gasteiger partial charge in [-0.2, -0.15) is 13.2 Å². The lowest BCUT2D eigenvalue weighted by atomic mass is 10.4. The number of nitrogens with one attached hydrogen (secondary N) is 1. The first-order chi connectivity index (χ1) is 7.51. The van der Waals surface area contributed by atoms with Crippen molar-refractivity contribution in [3.63, 3.8) is 0 Å². The lowest BCUT2D eigenvalue weighted by molar-refractivity contribution is -0.127. The van der Waals surface area contributed by atoms with E-state index in [4.69, 9.17) is 0 Å². The second-order valence-electron chi connectivity index (χ2n) is 3.38. The highest BCUT2D eigenvalue weighted by atomic mass is 32.1. The Labute approximate surface area is 96.1 Å². The van der Waals surface area contributed by atoms with Crippen molar-refractivity contribution in [1.82, 2.24) is 15.5 Å². The molecule has 7 heteroatoms. The van der Waals surface area contributed by atoms with E-state index in [0.29, 0.717) is 11.4 Å². The fourth-order valence-corrected chi connectivity index (χ4v) is 2.00. The minimum atomic E-state index is -4.20. The molecule has 1 aromatic heterocycles. The highest BCUT2D eigenvalue weighted by molar-refractivity contribution is 7.11. The average Bonchev–Trinajstić information content (AvgIpc) is 2.58. The Morgan fingerprint density at radius 1 is 1.19 bits per heavy atom. The van der Waals surface area contributed by atoms with Gasteiger partial charge in [0.05, 0.1) is 6.42 Å². The Hall–Kier alpha value is -0.690. The van der Waals surface area contributed by atoms with Crippen LogP contribution < -0.4 is 5.32 Å². The molecule has 0 atom stereocenters. The van der Waals surface area contributed by atoms with E-state index in [1.165, 1.54) is 0 Å². The number of rotatable bonds is 6. The number of halogens is 3. The van der Waals surface area contributed by atoms with Crippen LogP contribution in [0.25, 0.3) is 0 Å². The topological polar surface area (TPSA) is 37.8 Å². The quantitative estimate of drug-likeness (QED) is 0.790. The van der Waals surface area contributed by atoms with Crippen LogP contribution in [-0.4, -0.2) is 29.5 Å². The van der Waals surface area contributed by atoms with Crippen LogP contribution in [0.2, 0.25) is 0 Å². The molecular weight excluding hydrogens is 239 g/mol. The van der Waals surface area contributed by atoms with Crippen LogP contribution in [0.5, 0.6) is 0 Å². The van der Waals surface area contributed by atoms with Gasteiger partial charge in [-0.05, 0) is 13.0 Å². The largest absolute Gasteiger partial charge is 0.395 e. The molecule has 0 bridgehead atoms. The summed E-state index contributed by atoms with van der Waals surface area (Å²) >= 11 is 1.04. The molecular formula is C9H14F3N3S. The SMILES string of the molecule is CCCNCCc1nnc(CC(F)(F)F)s1. The van der Waals surface area contributed by atoms with Gasteiger partial charge in [-0.25, -0.2) is 0 Å². The van der Waals surface area contributed by atoms with Crippen molar-refractivity contribution in [3.05, 3.63) is 10.0 Å². The number of hydrogen-bond donors (Lipinski definition) is 1. The van der Waals surface area contributed by atoms with Gasteiger partial charge in [0.1, 0.15) is 10.0 Å². The third-order valence-corrected chi connectivity index (χ3v) is 2.79. The zero-order chi connectivity index (χ0) is 12.0. The van der Waals surface area contributed by atoms with E-state index in [-0.39, 0.29) is 5.01 Å². The molecule has 1 N–H and O–H groups in total. The van der Waals surface area contributed by atoms with Gasteiger partial charge in [0.15, 0.2) is 0 Å². The highest BCUT2D eigenvalue weighted by Crippen LogP contribution is 2.23. The zero-order valence-electron chi connectivity index (χ0n) is 8.97. The van der Waals surface area contributed by atoms with E-state index in [1.807, 2.05) is 0 Å². The smallest absolute Gasteiger partial charge is 0.316 e. The molecule has 1 rings (SSSR count). The lowest BCUT2D eigenvalue weighted by Crippen LogP contribution is -2.17. The lowest BCUT2D eigenvalue weighted by Gasteiger charge is -2.00. The summed E-state index contributed by atoms with van der Waals surface area (Å²) in [6.45, 7) is 3.70. The maximum Gasteiger partial charge on any atom is 0.395 e. The van der Waals surface area contributed by atoms with Crippen molar-refractivity contribution in [2.75, 3.05) is 13.1 Å². The highest BCUT2D eigenvalue weighted by Gasteiger charge is 2.29. The normalized spacial score (nSPS) is 12.0. The van der Waals surface area contributed by atoms with E-state index in [9.17, 15) is 13.2 Å². The minimum Gasteiger partial charge on any atom is -0.316 e. The van der Waals surface area contributed by atoms with Gasteiger partial charge in [0.2, 0.25) is 0 Å². The Morgan fingerprint density at radius 2 is 1.88 bits per heavy atom. The molecule has 1 aromatic rings. The van der Waals surface area contributed by atoms with E-state index >= 15 is 0 Å². The molecule has 0 fully saturated rings. The molecule has 0 aliphatic carbocycles. The monoisotopic (exact) mass is 253 g/mol. The van der Waals surface area contributed by atoms with E-state index in [1.54, 1.807) is 0 Å². The van der Waals surface area contributed by atoms with Crippen molar-refractivity contribution in [3.8, 4) is 0 Å². The summed E-state index contributed by atoms with van der Waals surface area (Å²) in [6, 6.07) is 0. The predicted octanol–water partition coefficient (Wildman–Crippen LogP) is 2.18. The van der Waals surface area contributed by atoms with Gasteiger partial charge in [-0.3, -0.25) is 0 Å². The maximum atomic E-state index is 12.0. The first-order valence-corrected chi connectivity index (χ1v) is 5.91. The van der Waals surface area contributed by atoms with Crippen molar-refractivity contribution >= 4 is 11.3 Å². The second-order valence-corrected chi connectivity index (χ2v) is 4.53. The fourth-order valence-electron chi connectivity index (χ4n) is 1.13. The molecule has 0 unspecified atom stereocenters. The maximum absolute atomic E-state index is 12.0. The van der Waals surface area contributed by atoms with Gasteiger partial charge in [-0.1, -0.05) is 6.92 Å². The third kappa shape index (κ3) is 5.41. The van der Waals surface area contributed by atoms with Gasteiger partial charge < -0.3 is 5.32 Å². The van der Waals surface area contributed by atoms with Crippen LogP contribution in [0.15, 0.2) is 0 Å². The number of aromatic nitrogens is 2. The average molecular weight is 253 g/mol. The summed E-state index contributed by atoms with van der Waals surface area (Å²) < 4.78 is 36.1. The summed E-state index contributed by atoms with van der Waals surface area (Å²) in [5.41, 5.74) is 0. The van der Waals surface area contributed by atoms with Crippen LogP contribution >= 0.6 is 11.3 Å². The van der Waals surface area contributed by atoms with Crippen LogP contribution in [0, 0.1) is 0 Å². The Kier molecular flexibility index (Phi) is 5.14. The fraction of sp³-hybridized carbons (Fsp3) is 0.778. The van der Waals surface area contributed by atoms with Crippen molar-refractivity contribution < 1.29 is 13.2 Å². The molecule has 0 aliphatic heterocycles. The Balaban J connectivity index is 2.34. The van der Waals surface area contributed by atoms with Gasteiger partial charge >= 0.3 is 6.18 Å². The first-order valence-electron chi connectivity index (χ1n) is 5.10. The standard InChI is InChI=1S/C9H14F3N3S/c1-2-4-13-5-3-7-14-15-8(16-7)6-9(10,11)12/h13H,2-6H2,1H3.